The average Bonchev–Trinajstić information content (AvgIpc) is 2.46. The summed E-state index contributed by atoms with van der Waals surface area (Å²) in [4.78, 5) is 0.325. The van der Waals surface area contributed by atoms with Gasteiger partial charge in [0.25, 0.3) is 0 Å². The summed E-state index contributed by atoms with van der Waals surface area (Å²) >= 11 is 6.17. The van der Waals surface area contributed by atoms with Crippen LogP contribution in [0.1, 0.15) is 24.1 Å². The van der Waals surface area contributed by atoms with Gasteiger partial charge in [0.1, 0.15) is 0 Å². The van der Waals surface area contributed by atoms with Crippen molar-refractivity contribution in [3.05, 3.63) is 64.7 Å². The highest BCUT2D eigenvalue weighted by atomic mass is 35.5. The molecule has 0 bridgehead atoms. The molecule has 1 unspecified atom stereocenters. The Bertz CT molecular complexity index is 743. The second-order valence-electron chi connectivity index (χ2n) is 4.98. The molecule has 0 saturated heterocycles. The summed E-state index contributed by atoms with van der Waals surface area (Å²) in [5, 5.41) is 0.567. The predicted molar refractivity (Wildman–Crippen MR) is 86.0 cm³/mol. The van der Waals surface area contributed by atoms with Gasteiger partial charge < -0.3 is 0 Å². The van der Waals surface area contributed by atoms with Gasteiger partial charge in [-0.25, -0.2) is 8.42 Å². The summed E-state index contributed by atoms with van der Waals surface area (Å²) in [7, 11) is -1.98. The van der Waals surface area contributed by atoms with Crippen molar-refractivity contribution in [2.45, 2.75) is 24.8 Å². The molecule has 112 valence electrons. The van der Waals surface area contributed by atoms with Crippen LogP contribution in [-0.2, 0) is 10.0 Å². The van der Waals surface area contributed by atoms with Crippen LogP contribution in [0, 0.1) is 6.92 Å². The summed E-state index contributed by atoms with van der Waals surface area (Å²) in [6.45, 7) is 3.62. The molecule has 3 nitrogen and oxygen atoms in total. The monoisotopic (exact) mass is 323 g/mol. The molecule has 0 aliphatic carbocycles. The molecular formula is C16H18ClNO2S. The number of nitrogens with zero attached hydrogens (tertiary/aromatic N) is 1. The van der Waals surface area contributed by atoms with Crippen molar-refractivity contribution >= 4 is 21.6 Å². The Morgan fingerprint density at radius 1 is 1.05 bits per heavy atom. The highest BCUT2D eigenvalue weighted by Gasteiger charge is 2.28. The molecule has 0 radical (unpaired) electrons. The van der Waals surface area contributed by atoms with E-state index in [1.807, 2.05) is 31.2 Å². The first-order chi connectivity index (χ1) is 9.85. The predicted octanol–water partition coefficient (Wildman–Crippen LogP) is 4.03. The molecule has 0 spiro atoms. The number of hydrogen-bond acceptors (Lipinski definition) is 2. The van der Waals surface area contributed by atoms with Gasteiger partial charge in [-0.15, -0.1) is 0 Å². The van der Waals surface area contributed by atoms with Crippen LogP contribution >= 0.6 is 11.6 Å². The van der Waals surface area contributed by atoms with Crippen molar-refractivity contribution in [3.63, 3.8) is 0 Å². The molecule has 0 aromatic heterocycles. The second kappa shape index (κ2) is 6.18. The first kappa shape index (κ1) is 16.0. The van der Waals surface area contributed by atoms with E-state index in [0.717, 1.165) is 11.1 Å². The molecule has 2 aromatic rings. The fourth-order valence-electron chi connectivity index (χ4n) is 2.22. The summed E-state index contributed by atoms with van der Waals surface area (Å²) in [5.74, 6) is 0. The molecule has 21 heavy (non-hydrogen) atoms. The van der Waals surface area contributed by atoms with E-state index in [1.54, 1.807) is 38.2 Å². The lowest BCUT2D eigenvalue weighted by atomic mass is 10.1. The van der Waals surface area contributed by atoms with Crippen molar-refractivity contribution in [1.29, 1.82) is 0 Å². The third-order valence-corrected chi connectivity index (χ3v) is 6.08. The summed E-state index contributed by atoms with van der Waals surface area (Å²) in [5.41, 5.74) is 1.52. The van der Waals surface area contributed by atoms with Crippen LogP contribution in [0.3, 0.4) is 0 Å². The molecule has 0 saturated carbocycles. The van der Waals surface area contributed by atoms with Crippen molar-refractivity contribution in [1.82, 2.24) is 4.31 Å². The van der Waals surface area contributed by atoms with Gasteiger partial charge in [0, 0.05) is 18.1 Å². The number of benzene rings is 2. The molecule has 2 rings (SSSR count). The lowest BCUT2D eigenvalue weighted by Gasteiger charge is -2.26. The van der Waals surface area contributed by atoms with Crippen LogP contribution in [-0.4, -0.2) is 19.8 Å². The Balaban J connectivity index is 2.42. The van der Waals surface area contributed by atoms with Gasteiger partial charge in [-0.05, 0) is 37.1 Å². The van der Waals surface area contributed by atoms with Crippen LogP contribution in [0.2, 0.25) is 5.02 Å². The highest BCUT2D eigenvalue weighted by molar-refractivity contribution is 7.89. The van der Waals surface area contributed by atoms with E-state index in [1.165, 1.54) is 4.31 Å². The fraction of sp³-hybridized carbons (Fsp3) is 0.250. The third kappa shape index (κ3) is 3.12. The molecule has 0 heterocycles. The maximum Gasteiger partial charge on any atom is 0.243 e. The maximum absolute atomic E-state index is 12.8. The normalized spacial score (nSPS) is 13.4. The van der Waals surface area contributed by atoms with Gasteiger partial charge in [-0.3, -0.25) is 0 Å². The standard InChI is InChI=1S/C16H18ClNO2S/c1-12-8-4-7-11-16(12)21(19,20)18(3)13(2)14-9-5-6-10-15(14)17/h4-11,13H,1-3H3. The van der Waals surface area contributed by atoms with Gasteiger partial charge in [0.05, 0.1) is 4.90 Å². The minimum Gasteiger partial charge on any atom is -0.207 e. The first-order valence-corrected chi connectivity index (χ1v) is 8.45. The van der Waals surface area contributed by atoms with Gasteiger partial charge in [0.2, 0.25) is 10.0 Å². The Hall–Kier alpha value is -1.36. The molecule has 1 atom stereocenters. The maximum atomic E-state index is 12.8. The second-order valence-corrected chi connectivity index (χ2v) is 7.36. The average molecular weight is 324 g/mol. The van der Waals surface area contributed by atoms with Gasteiger partial charge in [0.15, 0.2) is 0 Å². The van der Waals surface area contributed by atoms with E-state index in [9.17, 15) is 8.42 Å². The zero-order valence-corrected chi connectivity index (χ0v) is 13.8. The number of sulfonamides is 1. The van der Waals surface area contributed by atoms with Crippen molar-refractivity contribution < 1.29 is 8.42 Å². The number of aryl methyl sites for hydroxylation is 1. The minimum absolute atomic E-state index is 0.325. The molecular weight excluding hydrogens is 306 g/mol. The SMILES string of the molecule is Cc1ccccc1S(=O)(=O)N(C)C(C)c1ccccc1Cl. The first-order valence-electron chi connectivity index (χ1n) is 6.64. The third-order valence-electron chi connectivity index (χ3n) is 3.65. The fourth-order valence-corrected chi connectivity index (χ4v) is 4.08. The molecule has 0 fully saturated rings. The Morgan fingerprint density at radius 2 is 1.62 bits per heavy atom. The minimum atomic E-state index is -3.56. The van der Waals surface area contributed by atoms with E-state index in [2.05, 4.69) is 0 Å². The lowest BCUT2D eigenvalue weighted by molar-refractivity contribution is 0.398. The largest absolute Gasteiger partial charge is 0.243 e. The van der Waals surface area contributed by atoms with E-state index >= 15 is 0 Å². The lowest BCUT2D eigenvalue weighted by Crippen LogP contribution is -2.30. The number of rotatable bonds is 4. The van der Waals surface area contributed by atoms with Crippen LogP contribution in [0.25, 0.3) is 0 Å². The Kier molecular flexibility index (Phi) is 4.71. The summed E-state index contributed by atoms with van der Waals surface area (Å²) in [6, 6.07) is 13.9. The topological polar surface area (TPSA) is 37.4 Å². The van der Waals surface area contributed by atoms with E-state index in [-0.39, 0.29) is 6.04 Å². The smallest absolute Gasteiger partial charge is 0.207 e. The summed E-state index contributed by atoms with van der Waals surface area (Å²) in [6.07, 6.45) is 0. The van der Waals surface area contributed by atoms with Crippen molar-refractivity contribution in [2.24, 2.45) is 0 Å². The zero-order chi connectivity index (χ0) is 15.6. The molecule has 0 amide bonds. The van der Waals surface area contributed by atoms with Gasteiger partial charge >= 0.3 is 0 Å². The van der Waals surface area contributed by atoms with Crippen LogP contribution < -0.4 is 0 Å². The quantitative estimate of drug-likeness (QED) is 0.852. The molecule has 0 aliphatic rings. The molecule has 0 aliphatic heterocycles. The van der Waals surface area contributed by atoms with Crippen molar-refractivity contribution in [3.8, 4) is 0 Å². The van der Waals surface area contributed by atoms with Crippen LogP contribution in [0.5, 0.6) is 0 Å². The van der Waals surface area contributed by atoms with E-state index in [0.29, 0.717) is 9.92 Å². The molecule has 5 heteroatoms. The number of halogens is 1. The Labute approximate surface area is 131 Å². The number of hydrogen-bond donors (Lipinski definition) is 0. The van der Waals surface area contributed by atoms with Crippen LogP contribution in [0.4, 0.5) is 0 Å². The van der Waals surface area contributed by atoms with Crippen LogP contribution in [0.15, 0.2) is 53.4 Å². The highest BCUT2D eigenvalue weighted by Crippen LogP contribution is 2.30. The zero-order valence-electron chi connectivity index (χ0n) is 12.2. The van der Waals surface area contributed by atoms with Crippen molar-refractivity contribution in [2.75, 3.05) is 7.05 Å². The van der Waals surface area contributed by atoms with E-state index in [4.69, 9.17) is 11.6 Å². The molecule has 0 N–H and O–H groups in total. The Morgan fingerprint density at radius 3 is 2.24 bits per heavy atom. The van der Waals surface area contributed by atoms with Gasteiger partial charge in [-0.1, -0.05) is 48.0 Å². The van der Waals surface area contributed by atoms with Gasteiger partial charge in [-0.2, -0.15) is 4.31 Å². The summed E-state index contributed by atoms with van der Waals surface area (Å²) < 4.78 is 26.9. The molecule has 2 aromatic carbocycles. The van der Waals surface area contributed by atoms with E-state index < -0.39 is 10.0 Å².